The highest BCUT2D eigenvalue weighted by atomic mass is 32.2. The molecule has 21 heavy (non-hydrogen) atoms. The first-order chi connectivity index (χ1) is 9.91. The van der Waals surface area contributed by atoms with Crippen LogP contribution in [0.25, 0.3) is 0 Å². The molecule has 0 amide bonds. The Morgan fingerprint density at radius 1 is 1.00 bits per heavy atom. The monoisotopic (exact) mass is 307 g/mol. The molecule has 0 atom stereocenters. The van der Waals surface area contributed by atoms with E-state index in [0.717, 1.165) is 0 Å². The fourth-order valence-corrected chi connectivity index (χ4v) is 2.35. The first kappa shape index (κ1) is 15.2. The maximum atomic E-state index is 12.8. The summed E-state index contributed by atoms with van der Waals surface area (Å²) in [5.41, 5.74) is 1.17. The molecule has 0 saturated heterocycles. The van der Waals surface area contributed by atoms with Crippen LogP contribution in [-0.2, 0) is 10.0 Å². The zero-order valence-electron chi connectivity index (χ0n) is 11.3. The van der Waals surface area contributed by atoms with Crippen molar-refractivity contribution in [2.45, 2.75) is 6.92 Å². The van der Waals surface area contributed by atoms with Gasteiger partial charge in [-0.2, -0.15) is 0 Å². The number of rotatable bonds is 5. The topological polar surface area (TPSA) is 63.2 Å². The number of hydrogen-bond acceptors (Lipinski definition) is 3. The van der Waals surface area contributed by atoms with Crippen molar-refractivity contribution < 1.29 is 17.6 Å². The average molecular weight is 307 g/mol. The highest BCUT2D eigenvalue weighted by Crippen LogP contribution is 2.15. The van der Waals surface area contributed by atoms with Crippen LogP contribution in [-0.4, -0.2) is 20.0 Å². The van der Waals surface area contributed by atoms with Crippen molar-refractivity contribution in [1.29, 1.82) is 0 Å². The zero-order valence-corrected chi connectivity index (χ0v) is 12.2. The Hall–Kier alpha value is -2.21. The second-order valence-corrected chi connectivity index (χ2v) is 6.43. The fraction of sp³-hybridized carbons (Fsp3) is 0.133. The maximum absolute atomic E-state index is 12.8. The van der Waals surface area contributed by atoms with Crippen molar-refractivity contribution in [1.82, 2.24) is 0 Å². The molecular formula is C15H14FNO3S. The van der Waals surface area contributed by atoms with E-state index in [1.807, 2.05) is 0 Å². The number of sulfonamides is 1. The quantitative estimate of drug-likeness (QED) is 0.864. The molecule has 0 aliphatic carbocycles. The summed E-state index contributed by atoms with van der Waals surface area (Å²) in [5.74, 6) is -0.681. The predicted molar refractivity (Wildman–Crippen MR) is 79.4 cm³/mol. The molecule has 0 saturated carbocycles. The molecule has 0 bridgehead atoms. The van der Waals surface area contributed by atoms with Gasteiger partial charge in [0.05, 0.1) is 5.75 Å². The van der Waals surface area contributed by atoms with Gasteiger partial charge in [-0.15, -0.1) is 0 Å². The molecule has 0 unspecified atom stereocenters. The minimum absolute atomic E-state index is 0.0245. The van der Waals surface area contributed by atoms with E-state index < -0.39 is 15.8 Å². The zero-order chi connectivity index (χ0) is 15.5. The van der Waals surface area contributed by atoms with Gasteiger partial charge in [0.1, 0.15) is 5.82 Å². The first-order valence-corrected chi connectivity index (χ1v) is 7.97. The summed E-state index contributed by atoms with van der Waals surface area (Å²) in [5, 5.41) is 0. The van der Waals surface area contributed by atoms with Crippen molar-refractivity contribution in [2.75, 3.05) is 10.5 Å². The normalized spacial score (nSPS) is 11.1. The molecule has 0 aliphatic rings. The Bertz CT molecular complexity index is 737. The highest BCUT2D eigenvalue weighted by Gasteiger charge is 2.10. The Balaban J connectivity index is 2.19. The van der Waals surface area contributed by atoms with Gasteiger partial charge in [-0.1, -0.05) is 0 Å². The summed E-state index contributed by atoms with van der Waals surface area (Å²) < 4.78 is 38.1. The van der Waals surface area contributed by atoms with Gasteiger partial charge in [0.25, 0.3) is 0 Å². The molecule has 0 heterocycles. The average Bonchev–Trinajstić information content (AvgIpc) is 2.48. The minimum atomic E-state index is -3.34. The summed E-state index contributed by atoms with van der Waals surface area (Å²) >= 11 is 0. The maximum Gasteiger partial charge on any atom is 0.232 e. The first-order valence-electron chi connectivity index (χ1n) is 6.32. The molecule has 0 aromatic heterocycles. The van der Waals surface area contributed by atoms with Crippen molar-refractivity contribution in [3.05, 3.63) is 65.5 Å². The third-order valence-electron chi connectivity index (χ3n) is 2.91. The van der Waals surface area contributed by atoms with Crippen LogP contribution in [0.4, 0.5) is 10.1 Å². The largest absolute Gasteiger partial charge is 0.289 e. The molecule has 4 nitrogen and oxygen atoms in total. The lowest BCUT2D eigenvalue weighted by Gasteiger charge is -2.07. The molecular weight excluding hydrogens is 293 g/mol. The lowest BCUT2D eigenvalue weighted by molar-refractivity contribution is 0.103. The summed E-state index contributed by atoms with van der Waals surface area (Å²) in [4.78, 5) is 12.1. The standard InChI is InChI=1S/C15H14FNO3S/c1-2-21(19,20)17-14-9-5-12(6-10-14)15(18)11-3-7-13(16)8-4-11/h3-10,17H,2H2,1H3. The van der Waals surface area contributed by atoms with Gasteiger partial charge < -0.3 is 0 Å². The van der Waals surface area contributed by atoms with Gasteiger partial charge in [0.2, 0.25) is 10.0 Å². The Morgan fingerprint density at radius 2 is 1.48 bits per heavy atom. The SMILES string of the molecule is CCS(=O)(=O)Nc1ccc(C(=O)c2ccc(F)cc2)cc1. The van der Waals surface area contributed by atoms with E-state index in [4.69, 9.17) is 0 Å². The van der Waals surface area contributed by atoms with E-state index in [9.17, 15) is 17.6 Å². The van der Waals surface area contributed by atoms with Gasteiger partial charge in [0.15, 0.2) is 5.78 Å². The van der Waals surface area contributed by atoms with E-state index in [1.54, 1.807) is 0 Å². The van der Waals surface area contributed by atoms with E-state index >= 15 is 0 Å². The van der Waals surface area contributed by atoms with E-state index in [2.05, 4.69) is 4.72 Å². The number of benzene rings is 2. The van der Waals surface area contributed by atoms with Crippen LogP contribution >= 0.6 is 0 Å². The van der Waals surface area contributed by atoms with Gasteiger partial charge >= 0.3 is 0 Å². The summed E-state index contributed by atoms with van der Waals surface area (Å²) in [6.07, 6.45) is 0. The molecule has 0 radical (unpaired) electrons. The Kier molecular flexibility index (Phi) is 4.37. The number of hydrogen-bond donors (Lipinski definition) is 1. The smallest absolute Gasteiger partial charge is 0.232 e. The molecule has 2 aromatic rings. The Labute approximate surface area is 122 Å². The van der Waals surface area contributed by atoms with Gasteiger partial charge in [-0.3, -0.25) is 9.52 Å². The second kappa shape index (κ2) is 6.05. The van der Waals surface area contributed by atoms with Crippen molar-refractivity contribution in [3.63, 3.8) is 0 Å². The van der Waals surface area contributed by atoms with Crippen molar-refractivity contribution in [3.8, 4) is 0 Å². The fourth-order valence-electron chi connectivity index (χ4n) is 1.71. The van der Waals surface area contributed by atoms with Crippen LogP contribution in [0.5, 0.6) is 0 Å². The van der Waals surface area contributed by atoms with Gasteiger partial charge in [0, 0.05) is 16.8 Å². The lowest BCUT2D eigenvalue weighted by Crippen LogP contribution is -2.14. The molecule has 6 heteroatoms. The third kappa shape index (κ3) is 3.88. The summed E-state index contributed by atoms with van der Waals surface area (Å²) in [7, 11) is -3.34. The number of anilines is 1. The minimum Gasteiger partial charge on any atom is -0.289 e. The summed E-state index contributed by atoms with van der Waals surface area (Å²) in [6.45, 7) is 1.54. The highest BCUT2D eigenvalue weighted by molar-refractivity contribution is 7.92. The van der Waals surface area contributed by atoms with E-state index in [1.165, 1.54) is 55.5 Å². The Morgan fingerprint density at radius 3 is 1.95 bits per heavy atom. The van der Waals surface area contributed by atoms with Crippen LogP contribution in [0.2, 0.25) is 0 Å². The molecule has 0 fully saturated rings. The molecule has 0 aliphatic heterocycles. The van der Waals surface area contributed by atoms with Crippen LogP contribution in [0, 0.1) is 5.82 Å². The molecule has 2 aromatic carbocycles. The number of halogens is 1. The van der Waals surface area contributed by atoms with Gasteiger partial charge in [-0.05, 0) is 55.5 Å². The number of ketones is 1. The van der Waals surface area contributed by atoms with Crippen LogP contribution < -0.4 is 4.72 Å². The second-order valence-electron chi connectivity index (χ2n) is 4.42. The third-order valence-corrected chi connectivity index (χ3v) is 4.21. The van der Waals surface area contributed by atoms with Crippen LogP contribution in [0.1, 0.15) is 22.8 Å². The van der Waals surface area contributed by atoms with Crippen molar-refractivity contribution >= 4 is 21.5 Å². The number of nitrogens with one attached hydrogen (secondary N) is 1. The van der Waals surface area contributed by atoms with Crippen LogP contribution in [0.3, 0.4) is 0 Å². The van der Waals surface area contributed by atoms with E-state index in [0.29, 0.717) is 16.8 Å². The predicted octanol–water partition coefficient (Wildman–Crippen LogP) is 2.82. The molecule has 2 rings (SSSR count). The molecule has 110 valence electrons. The van der Waals surface area contributed by atoms with Crippen LogP contribution in [0.15, 0.2) is 48.5 Å². The summed E-state index contributed by atoms with van der Waals surface area (Å²) in [6, 6.07) is 11.3. The number of carbonyl (C=O) groups is 1. The lowest BCUT2D eigenvalue weighted by atomic mass is 10.0. The molecule has 1 N–H and O–H groups in total. The number of carbonyl (C=O) groups excluding carboxylic acids is 1. The van der Waals surface area contributed by atoms with E-state index in [-0.39, 0.29) is 11.5 Å². The van der Waals surface area contributed by atoms with Crippen molar-refractivity contribution in [2.24, 2.45) is 0 Å². The van der Waals surface area contributed by atoms with Gasteiger partial charge in [-0.25, -0.2) is 12.8 Å². The molecule has 0 spiro atoms.